The second-order valence-corrected chi connectivity index (χ2v) is 5.37. The Kier molecular flexibility index (Phi) is 3.15. The molecule has 98 valence electrons. The van der Waals surface area contributed by atoms with Crippen LogP contribution in [0.3, 0.4) is 0 Å². The number of hydrogen-bond acceptors (Lipinski definition) is 2. The molecule has 1 saturated carbocycles. The number of fused-ring (bicyclic) bond motifs is 1. The monoisotopic (exact) mass is 275 g/mol. The maximum absolute atomic E-state index is 12.1. The van der Waals surface area contributed by atoms with E-state index in [0.29, 0.717) is 11.6 Å². The summed E-state index contributed by atoms with van der Waals surface area (Å²) in [7, 11) is 0. The molecule has 1 aliphatic carbocycles. The zero-order valence-electron chi connectivity index (χ0n) is 10.4. The summed E-state index contributed by atoms with van der Waals surface area (Å²) in [5.41, 5.74) is 2.36. The zero-order valence-corrected chi connectivity index (χ0v) is 11.2. The Morgan fingerprint density at radius 3 is 2.63 bits per heavy atom. The Hall–Kier alpha value is -1.61. The fraction of sp³-hybridized carbons (Fsp3) is 0.333. The number of carbonyl (C=O) groups is 2. The third kappa shape index (κ3) is 2.08. The van der Waals surface area contributed by atoms with Gasteiger partial charge in [0, 0.05) is 11.7 Å². The highest BCUT2D eigenvalue weighted by Crippen LogP contribution is 2.37. The first-order valence-electron chi connectivity index (χ1n) is 6.52. The van der Waals surface area contributed by atoms with Crippen molar-refractivity contribution in [2.75, 3.05) is 0 Å². The van der Waals surface area contributed by atoms with Crippen LogP contribution in [-0.2, 0) is 4.79 Å². The number of hydrogen-bond donors (Lipinski definition) is 0. The number of halogens is 1. The van der Waals surface area contributed by atoms with Gasteiger partial charge in [-0.25, -0.2) is 0 Å². The summed E-state index contributed by atoms with van der Waals surface area (Å²) < 4.78 is 1.77. The third-order valence-electron chi connectivity index (χ3n) is 3.90. The van der Waals surface area contributed by atoms with Crippen molar-refractivity contribution in [3.05, 3.63) is 41.7 Å². The first-order chi connectivity index (χ1) is 9.18. The second kappa shape index (κ2) is 4.82. The molecule has 2 aromatic rings. The molecule has 0 unspecified atom stereocenters. The lowest BCUT2D eigenvalue weighted by Crippen LogP contribution is -2.13. The maximum atomic E-state index is 12.1. The van der Waals surface area contributed by atoms with Crippen molar-refractivity contribution >= 4 is 28.1 Å². The molecule has 0 saturated heterocycles. The molecular formula is C15H14ClNO2. The molecule has 0 aromatic carbocycles. The van der Waals surface area contributed by atoms with E-state index >= 15 is 0 Å². The summed E-state index contributed by atoms with van der Waals surface area (Å²) in [5.74, 6) is -0.232. The van der Waals surface area contributed by atoms with Crippen LogP contribution in [0.4, 0.5) is 0 Å². The highest BCUT2D eigenvalue weighted by atomic mass is 35.5. The number of aromatic nitrogens is 1. The van der Waals surface area contributed by atoms with Gasteiger partial charge in [-0.3, -0.25) is 9.59 Å². The Labute approximate surface area is 116 Å². The van der Waals surface area contributed by atoms with E-state index in [9.17, 15) is 9.59 Å². The van der Waals surface area contributed by atoms with Crippen molar-refractivity contribution in [3.63, 3.8) is 0 Å². The molecule has 0 bridgehead atoms. The summed E-state index contributed by atoms with van der Waals surface area (Å²) in [6.07, 6.45) is 6.32. The quantitative estimate of drug-likeness (QED) is 0.488. The van der Waals surface area contributed by atoms with Gasteiger partial charge in [0.2, 0.25) is 0 Å². The average molecular weight is 276 g/mol. The number of carbonyl (C=O) groups excluding carboxylic acids is 2. The van der Waals surface area contributed by atoms with Crippen LogP contribution in [0, 0.1) is 0 Å². The molecule has 2 heterocycles. The van der Waals surface area contributed by atoms with Gasteiger partial charge in [-0.05, 0) is 54.1 Å². The van der Waals surface area contributed by atoms with Crippen LogP contribution in [0.15, 0.2) is 30.5 Å². The van der Waals surface area contributed by atoms with E-state index in [0.717, 1.165) is 23.9 Å². The fourth-order valence-electron chi connectivity index (χ4n) is 3.03. The van der Waals surface area contributed by atoms with E-state index in [2.05, 4.69) is 0 Å². The summed E-state index contributed by atoms with van der Waals surface area (Å²) in [6, 6.07) is 7.72. The van der Waals surface area contributed by atoms with Gasteiger partial charge < -0.3 is 4.40 Å². The molecule has 0 N–H and O–H groups in total. The van der Waals surface area contributed by atoms with Gasteiger partial charge in [0.25, 0.3) is 11.0 Å². The third-order valence-corrected chi connectivity index (χ3v) is 4.07. The highest BCUT2D eigenvalue weighted by Gasteiger charge is 2.28. The first kappa shape index (κ1) is 12.4. The minimum absolute atomic E-state index is 0.370. The van der Waals surface area contributed by atoms with Crippen molar-refractivity contribution in [3.8, 4) is 0 Å². The zero-order chi connectivity index (χ0) is 13.4. The molecule has 3 rings (SSSR count). The minimum atomic E-state index is -0.914. The SMILES string of the molecule is O=C(Cl)C(=O)c1c(C2CCCC2)cc2ccccn12. The molecule has 0 amide bonds. The summed E-state index contributed by atoms with van der Waals surface area (Å²) in [6.45, 7) is 0. The van der Waals surface area contributed by atoms with E-state index in [-0.39, 0.29) is 0 Å². The van der Waals surface area contributed by atoms with Gasteiger partial charge >= 0.3 is 0 Å². The Balaban J connectivity index is 2.21. The van der Waals surface area contributed by atoms with E-state index in [1.165, 1.54) is 12.8 Å². The Bertz CT molecular complexity index is 653. The minimum Gasteiger partial charge on any atom is -0.313 e. The van der Waals surface area contributed by atoms with Gasteiger partial charge in [-0.2, -0.15) is 0 Å². The van der Waals surface area contributed by atoms with E-state index < -0.39 is 11.0 Å². The van der Waals surface area contributed by atoms with E-state index in [1.54, 1.807) is 10.6 Å². The lowest BCUT2D eigenvalue weighted by atomic mass is 9.96. The summed E-state index contributed by atoms with van der Waals surface area (Å²) in [4.78, 5) is 23.4. The second-order valence-electron chi connectivity index (χ2n) is 5.03. The number of pyridine rings is 1. The lowest BCUT2D eigenvalue weighted by molar-refractivity contribution is -0.108. The molecule has 3 nitrogen and oxygen atoms in total. The largest absolute Gasteiger partial charge is 0.313 e. The number of nitrogens with zero attached hydrogens (tertiary/aromatic N) is 1. The van der Waals surface area contributed by atoms with Crippen molar-refractivity contribution in [1.82, 2.24) is 4.40 Å². The van der Waals surface area contributed by atoms with Crippen molar-refractivity contribution < 1.29 is 9.59 Å². The van der Waals surface area contributed by atoms with Crippen LogP contribution in [0.2, 0.25) is 0 Å². The first-order valence-corrected chi connectivity index (χ1v) is 6.90. The molecule has 1 aliphatic rings. The van der Waals surface area contributed by atoms with Crippen LogP contribution in [0.25, 0.3) is 5.52 Å². The standard InChI is InChI=1S/C15H14ClNO2/c16-15(19)14(18)13-12(10-5-1-2-6-10)9-11-7-3-4-8-17(11)13/h3-4,7-10H,1-2,5-6H2. The van der Waals surface area contributed by atoms with Crippen LogP contribution >= 0.6 is 11.6 Å². The summed E-state index contributed by atoms with van der Waals surface area (Å²) in [5, 5.41) is -0.914. The molecule has 4 heteroatoms. The van der Waals surface area contributed by atoms with Gasteiger partial charge in [-0.15, -0.1) is 0 Å². The van der Waals surface area contributed by atoms with Crippen molar-refractivity contribution in [1.29, 1.82) is 0 Å². The van der Waals surface area contributed by atoms with Gasteiger partial charge in [-0.1, -0.05) is 18.9 Å². The highest BCUT2D eigenvalue weighted by molar-refractivity contribution is 6.83. The molecule has 0 spiro atoms. The lowest BCUT2D eigenvalue weighted by Gasteiger charge is -2.09. The molecular weight excluding hydrogens is 262 g/mol. The fourth-order valence-corrected chi connectivity index (χ4v) is 3.12. The van der Waals surface area contributed by atoms with Crippen LogP contribution in [0.1, 0.15) is 47.7 Å². The van der Waals surface area contributed by atoms with E-state index in [4.69, 9.17) is 11.6 Å². The summed E-state index contributed by atoms with van der Waals surface area (Å²) >= 11 is 5.40. The predicted octanol–water partition coefficient (Wildman–Crippen LogP) is 3.55. The molecule has 0 radical (unpaired) electrons. The maximum Gasteiger partial charge on any atom is 0.294 e. The van der Waals surface area contributed by atoms with Crippen LogP contribution < -0.4 is 0 Å². The topological polar surface area (TPSA) is 38.5 Å². The van der Waals surface area contributed by atoms with Gasteiger partial charge in [0.05, 0.1) is 0 Å². The van der Waals surface area contributed by atoms with Crippen LogP contribution in [0.5, 0.6) is 0 Å². The Morgan fingerprint density at radius 2 is 1.95 bits per heavy atom. The smallest absolute Gasteiger partial charge is 0.294 e. The number of Topliss-reactive ketones (excluding diaryl/α,β-unsaturated/α-hetero) is 1. The molecule has 1 fully saturated rings. The Morgan fingerprint density at radius 1 is 1.21 bits per heavy atom. The van der Waals surface area contributed by atoms with E-state index in [1.807, 2.05) is 24.3 Å². The number of ketones is 1. The average Bonchev–Trinajstić information content (AvgIpc) is 3.04. The molecule has 2 aromatic heterocycles. The molecule has 0 atom stereocenters. The van der Waals surface area contributed by atoms with Gasteiger partial charge in [0.1, 0.15) is 5.69 Å². The number of rotatable bonds is 3. The van der Waals surface area contributed by atoms with Crippen molar-refractivity contribution in [2.24, 2.45) is 0 Å². The molecule has 19 heavy (non-hydrogen) atoms. The van der Waals surface area contributed by atoms with Gasteiger partial charge in [0.15, 0.2) is 0 Å². The predicted molar refractivity (Wildman–Crippen MR) is 73.8 cm³/mol. The molecule has 0 aliphatic heterocycles. The normalized spacial score (nSPS) is 16.1. The van der Waals surface area contributed by atoms with Crippen molar-refractivity contribution in [2.45, 2.75) is 31.6 Å². The van der Waals surface area contributed by atoms with Crippen LogP contribution in [-0.4, -0.2) is 15.4 Å².